The van der Waals surface area contributed by atoms with Gasteiger partial charge in [-0.2, -0.15) is 0 Å². The average Bonchev–Trinajstić information content (AvgIpc) is 2.83. The molecule has 0 saturated heterocycles. The molecule has 0 unspecified atom stereocenters. The maximum absolute atomic E-state index is 13.2. The van der Waals surface area contributed by atoms with Crippen LogP contribution in [0.5, 0.6) is 5.75 Å². The highest BCUT2D eigenvalue weighted by atomic mass is 19.1. The van der Waals surface area contributed by atoms with Crippen molar-refractivity contribution < 1.29 is 19.0 Å². The van der Waals surface area contributed by atoms with E-state index in [1.54, 1.807) is 30.5 Å². The Kier molecular flexibility index (Phi) is 7.88. The zero-order valence-corrected chi connectivity index (χ0v) is 18.1. The van der Waals surface area contributed by atoms with Gasteiger partial charge in [-0.3, -0.25) is 9.78 Å². The van der Waals surface area contributed by atoms with Crippen molar-refractivity contribution >= 4 is 17.3 Å². The summed E-state index contributed by atoms with van der Waals surface area (Å²) in [5.41, 5.74) is 8.03. The lowest BCUT2D eigenvalue weighted by Crippen LogP contribution is -2.40. The number of methoxy groups -OCH3 is 1. The number of carbonyl (C=O) groups excluding carboxylic acids is 1. The summed E-state index contributed by atoms with van der Waals surface area (Å²) < 4.78 is 18.6. The number of benzene rings is 2. The number of amides is 1. The number of nitrogens with one attached hydrogen (secondary N) is 2. The molecule has 33 heavy (non-hydrogen) atoms. The van der Waals surface area contributed by atoms with Crippen LogP contribution in [0.25, 0.3) is 5.70 Å². The van der Waals surface area contributed by atoms with Gasteiger partial charge in [-0.1, -0.05) is 30.3 Å². The van der Waals surface area contributed by atoms with Gasteiger partial charge in [0.05, 0.1) is 31.0 Å². The van der Waals surface area contributed by atoms with E-state index in [2.05, 4.69) is 10.3 Å². The van der Waals surface area contributed by atoms with E-state index in [4.69, 9.17) is 15.9 Å². The van der Waals surface area contributed by atoms with Crippen LogP contribution in [-0.2, 0) is 6.42 Å². The number of aliphatic hydroxyl groups is 1. The number of aromatic nitrogens is 1. The first-order valence-electron chi connectivity index (χ1n) is 10.2. The summed E-state index contributed by atoms with van der Waals surface area (Å²) in [6, 6.07) is 15.3. The molecular formula is C25H25FN4O3. The SMILES string of the molecule is COc1cccc(C(=N)/C=C(\N)c2ccc(F)cc2)c1C(=O)N[C@@H](CO)Cc1ccccn1. The molecule has 7 nitrogen and oxygen atoms in total. The van der Waals surface area contributed by atoms with E-state index in [1.165, 1.54) is 37.5 Å². The van der Waals surface area contributed by atoms with E-state index in [-0.39, 0.29) is 29.3 Å². The van der Waals surface area contributed by atoms with E-state index in [1.807, 2.05) is 12.1 Å². The van der Waals surface area contributed by atoms with Gasteiger partial charge in [-0.25, -0.2) is 4.39 Å². The fraction of sp³-hybridized carbons (Fsp3) is 0.160. The van der Waals surface area contributed by atoms with Crippen LogP contribution in [0, 0.1) is 11.2 Å². The molecule has 5 N–H and O–H groups in total. The lowest BCUT2D eigenvalue weighted by molar-refractivity contribution is 0.0913. The summed E-state index contributed by atoms with van der Waals surface area (Å²) >= 11 is 0. The number of ether oxygens (including phenoxy) is 1. The second-order valence-electron chi connectivity index (χ2n) is 7.28. The molecule has 2 aromatic carbocycles. The monoisotopic (exact) mass is 448 g/mol. The standard InChI is InChI=1S/C25H25FN4O3/c1-33-23-7-4-6-20(22(28)14-21(27)16-8-10-17(26)11-9-16)24(23)25(32)30-19(15-31)13-18-5-2-3-12-29-18/h2-12,14,19,28,31H,13,15,27H2,1H3,(H,30,32)/b21-14-,28-22?/t19-/m1/s1. The normalized spacial score (nSPS) is 12.2. The molecule has 0 aliphatic carbocycles. The first-order valence-corrected chi connectivity index (χ1v) is 10.2. The Morgan fingerprint density at radius 2 is 1.97 bits per heavy atom. The Morgan fingerprint density at radius 1 is 1.21 bits per heavy atom. The number of allylic oxidation sites excluding steroid dienone is 1. The number of halogens is 1. The van der Waals surface area contributed by atoms with E-state index >= 15 is 0 Å². The Bertz CT molecular complexity index is 1150. The minimum absolute atomic E-state index is 0.0221. The molecule has 0 bridgehead atoms. The molecule has 1 amide bonds. The third-order valence-corrected chi connectivity index (χ3v) is 4.98. The summed E-state index contributed by atoms with van der Waals surface area (Å²) in [4.78, 5) is 17.4. The summed E-state index contributed by atoms with van der Waals surface area (Å²) in [6.45, 7) is -0.290. The van der Waals surface area contributed by atoms with E-state index in [9.17, 15) is 14.3 Å². The third kappa shape index (κ3) is 6.02. The van der Waals surface area contributed by atoms with Gasteiger partial charge in [0.15, 0.2) is 0 Å². The maximum Gasteiger partial charge on any atom is 0.256 e. The Hall–Kier alpha value is -4.04. The Labute approximate surface area is 191 Å². The van der Waals surface area contributed by atoms with E-state index in [0.717, 1.165) is 5.69 Å². The summed E-state index contributed by atoms with van der Waals surface area (Å²) in [6.07, 6.45) is 3.38. The summed E-state index contributed by atoms with van der Waals surface area (Å²) in [7, 11) is 1.43. The molecule has 1 aromatic heterocycles. The van der Waals surface area contributed by atoms with Crippen molar-refractivity contribution in [1.82, 2.24) is 10.3 Å². The molecule has 0 aliphatic rings. The molecule has 3 rings (SSSR count). The molecule has 1 heterocycles. The Morgan fingerprint density at radius 3 is 2.61 bits per heavy atom. The highest BCUT2D eigenvalue weighted by Gasteiger charge is 2.22. The molecule has 3 aromatic rings. The highest BCUT2D eigenvalue weighted by Crippen LogP contribution is 2.24. The van der Waals surface area contributed by atoms with Crippen molar-refractivity contribution in [1.29, 1.82) is 5.41 Å². The van der Waals surface area contributed by atoms with Crippen LogP contribution in [0.15, 0.2) is 72.9 Å². The number of nitrogens with two attached hydrogens (primary N) is 1. The first kappa shape index (κ1) is 23.6. The lowest BCUT2D eigenvalue weighted by Gasteiger charge is -2.19. The second kappa shape index (κ2) is 11.0. The predicted octanol–water partition coefficient (Wildman–Crippen LogP) is 2.93. The number of aliphatic hydroxyl groups excluding tert-OH is 1. The number of pyridine rings is 1. The zero-order valence-electron chi connectivity index (χ0n) is 18.1. The summed E-state index contributed by atoms with van der Waals surface area (Å²) in [5, 5.41) is 21.1. The van der Waals surface area contributed by atoms with Crippen molar-refractivity contribution in [2.75, 3.05) is 13.7 Å². The lowest BCUT2D eigenvalue weighted by atomic mass is 9.98. The van der Waals surface area contributed by atoms with Crippen molar-refractivity contribution in [2.45, 2.75) is 12.5 Å². The van der Waals surface area contributed by atoms with E-state index < -0.39 is 17.8 Å². The van der Waals surface area contributed by atoms with Crippen LogP contribution in [0.2, 0.25) is 0 Å². The smallest absolute Gasteiger partial charge is 0.256 e. The van der Waals surface area contributed by atoms with Crippen LogP contribution >= 0.6 is 0 Å². The van der Waals surface area contributed by atoms with Crippen LogP contribution < -0.4 is 15.8 Å². The molecule has 0 fully saturated rings. The number of hydrogen-bond donors (Lipinski definition) is 4. The maximum atomic E-state index is 13.2. The predicted molar refractivity (Wildman–Crippen MR) is 125 cm³/mol. The number of hydrogen-bond acceptors (Lipinski definition) is 6. The van der Waals surface area contributed by atoms with Crippen molar-refractivity contribution in [3.05, 3.63) is 101 Å². The van der Waals surface area contributed by atoms with Gasteiger partial charge in [0.2, 0.25) is 0 Å². The number of nitrogens with zero attached hydrogens (tertiary/aromatic N) is 1. The largest absolute Gasteiger partial charge is 0.496 e. The van der Waals surface area contributed by atoms with Crippen LogP contribution in [0.3, 0.4) is 0 Å². The van der Waals surface area contributed by atoms with Crippen LogP contribution in [0.4, 0.5) is 4.39 Å². The molecule has 170 valence electrons. The van der Waals surface area contributed by atoms with Crippen LogP contribution in [0.1, 0.15) is 27.2 Å². The van der Waals surface area contributed by atoms with Gasteiger partial charge in [0, 0.05) is 29.6 Å². The molecule has 8 heteroatoms. The van der Waals surface area contributed by atoms with Gasteiger partial charge in [0.25, 0.3) is 5.91 Å². The van der Waals surface area contributed by atoms with Gasteiger partial charge < -0.3 is 26.3 Å². The van der Waals surface area contributed by atoms with Gasteiger partial charge >= 0.3 is 0 Å². The minimum atomic E-state index is -0.584. The Balaban J connectivity index is 1.88. The second-order valence-corrected chi connectivity index (χ2v) is 7.28. The van der Waals surface area contributed by atoms with Crippen molar-refractivity contribution in [2.24, 2.45) is 5.73 Å². The summed E-state index contributed by atoms with van der Waals surface area (Å²) in [5.74, 6) is -0.619. The minimum Gasteiger partial charge on any atom is -0.496 e. The average molecular weight is 448 g/mol. The number of rotatable bonds is 9. The topological polar surface area (TPSA) is 121 Å². The molecule has 0 spiro atoms. The first-order chi connectivity index (χ1) is 15.9. The molecule has 0 saturated carbocycles. The van der Waals surface area contributed by atoms with E-state index in [0.29, 0.717) is 17.5 Å². The molecule has 0 aliphatic heterocycles. The zero-order chi connectivity index (χ0) is 23.8. The van der Waals surface area contributed by atoms with Gasteiger partial charge in [0.1, 0.15) is 11.6 Å². The van der Waals surface area contributed by atoms with Crippen molar-refractivity contribution in [3.8, 4) is 5.75 Å². The fourth-order valence-electron chi connectivity index (χ4n) is 3.31. The molecule has 1 atom stereocenters. The van der Waals surface area contributed by atoms with Crippen molar-refractivity contribution in [3.63, 3.8) is 0 Å². The fourth-order valence-corrected chi connectivity index (χ4v) is 3.31. The highest BCUT2D eigenvalue weighted by molar-refractivity contribution is 6.16. The third-order valence-electron chi connectivity index (χ3n) is 4.98. The molecule has 0 radical (unpaired) electrons. The number of carbonyl (C=O) groups is 1. The van der Waals surface area contributed by atoms with Crippen LogP contribution in [-0.4, -0.2) is 41.5 Å². The molecular weight excluding hydrogens is 423 g/mol. The quantitative estimate of drug-likeness (QED) is 0.375. The van der Waals surface area contributed by atoms with Gasteiger partial charge in [-0.05, 0) is 42.0 Å². The van der Waals surface area contributed by atoms with Gasteiger partial charge in [-0.15, -0.1) is 0 Å².